The van der Waals surface area contributed by atoms with E-state index in [2.05, 4.69) is 19.9 Å². The Hall–Kier alpha value is -0.130. The molecule has 1 atom stereocenters. The van der Waals surface area contributed by atoms with Gasteiger partial charge in [0.05, 0.1) is 11.9 Å². The van der Waals surface area contributed by atoms with E-state index < -0.39 is 10.0 Å². The second-order valence-electron chi connectivity index (χ2n) is 8.01. The smallest absolute Gasteiger partial charge is 0.213 e. The first-order valence-electron chi connectivity index (χ1n) is 10.1. The highest BCUT2D eigenvalue weighted by Gasteiger charge is 2.41. The van der Waals surface area contributed by atoms with Crippen molar-refractivity contribution in [3.05, 3.63) is 0 Å². The molecule has 2 aliphatic heterocycles. The standard InChI is InChI=1S/C18H34N4O3S.HI/c1-19-17(22-11-9-18(15-22)7-3-4-8-18)20-10-13-26(23,24)21-14-16-6-2-5-12-25-16;/h16,21H,2-15H2,1H3,(H,19,20);1H. The molecule has 0 radical (unpaired) electrons. The van der Waals surface area contributed by atoms with Gasteiger partial charge in [-0.05, 0) is 43.9 Å². The van der Waals surface area contributed by atoms with Crippen molar-refractivity contribution in [1.82, 2.24) is 14.9 Å². The van der Waals surface area contributed by atoms with Crippen molar-refractivity contribution in [2.24, 2.45) is 10.4 Å². The van der Waals surface area contributed by atoms with E-state index in [0.717, 1.165) is 44.9 Å². The van der Waals surface area contributed by atoms with Gasteiger partial charge in [0.25, 0.3) is 0 Å². The SMILES string of the molecule is CN=C(NCCS(=O)(=O)NCC1CCCCO1)N1CCC2(CCCC2)C1.I. The lowest BCUT2D eigenvalue weighted by Gasteiger charge is -2.26. The summed E-state index contributed by atoms with van der Waals surface area (Å²) in [5.41, 5.74) is 0.477. The summed E-state index contributed by atoms with van der Waals surface area (Å²) < 4.78 is 32.7. The van der Waals surface area contributed by atoms with Gasteiger partial charge in [-0.1, -0.05) is 12.8 Å². The van der Waals surface area contributed by atoms with Crippen LogP contribution in [0.25, 0.3) is 0 Å². The maximum absolute atomic E-state index is 12.2. The lowest BCUT2D eigenvalue weighted by molar-refractivity contribution is 0.0200. The summed E-state index contributed by atoms with van der Waals surface area (Å²) in [5.74, 6) is 0.886. The minimum atomic E-state index is -3.30. The van der Waals surface area contributed by atoms with Crippen molar-refractivity contribution in [1.29, 1.82) is 0 Å². The number of halogens is 1. The minimum Gasteiger partial charge on any atom is -0.377 e. The predicted octanol–water partition coefficient (Wildman–Crippen LogP) is 1.93. The lowest BCUT2D eigenvalue weighted by Crippen LogP contribution is -2.44. The zero-order valence-corrected chi connectivity index (χ0v) is 19.6. The van der Waals surface area contributed by atoms with Crippen LogP contribution in [0.15, 0.2) is 4.99 Å². The molecule has 1 saturated carbocycles. The molecule has 0 aromatic heterocycles. The molecule has 2 heterocycles. The summed E-state index contributed by atoms with van der Waals surface area (Å²) in [5, 5.41) is 3.24. The van der Waals surface area contributed by atoms with Crippen LogP contribution in [0.2, 0.25) is 0 Å². The summed E-state index contributed by atoms with van der Waals surface area (Å²) in [4.78, 5) is 6.65. The second-order valence-corrected chi connectivity index (χ2v) is 9.93. The van der Waals surface area contributed by atoms with Crippen molar-refractivity contribution < 1.29 is 13.2 Å². The number of aliphatic imine (C=N–C) groups is 1. The topological polar surface area (TPSA) is 83.0 Å². The number of nitrogens with one attached hydrogen (secondary N) is 2. The van der Waals surface area contributed by atoms with Gasteiger partial charge in [0.2, 0.25) is 10.0 Å². The fourth-order valence-electron chi connectivity index (χ4n) is 4.54. The summed E-state index contributed by atoms with van der Waals surface area (Å²) in [6, 6.07) is 0. The maximum atomic E-state index is 12.2. The van der Waals surface area contributed by atoms with Gasteiger partial charge in [0, 0.05) is 39.8 Å². The first kappa shape index (κ1) is 23.2. The molecule has 0 aromatic carbocycles. The number of rotatable bonds is 6. The molecule has 3 aliphatic rings. The fraction of sp³-hybridized carbons (Fsp3) is 0.944. The molecule has 1 unspecified atom stereocenters. The average Bonchev–Trinajstić information content (AvgIpc) is 3.28. The van der Waals surface area contributed by atoms with Crippen LogP contribution in [-0.4, -0.2) is 71.0 Å². The van der Waals surface area contributed by atoms with Crippen molar-refractivity contribution >= 4 is 40.0 Å². The maximum Gasteiger partial charge on any atom is 0.213 e. The first-order valence-corrected chi connectivity index (χ1v) is 11.7. The van der Waals surface area contributed by atoms with Crippen LogP contribution in [0, 0.1) is 5.41 Å². The molecule has 158 valence electrons. The van der Waals surface area contributed by atoms with E-state index in [4.69, 9.17) is 4.74 Å². The Balaban J connectivity index is 0.00000261. The summed E-state index contributed by atoms with van der Waals surface area (Å²) >= 11 is 0. The third-order valence-corrected chi connectivity index (χ3v) is 7.42. The van der Waals surface area contributed by atoms with Crippen LogP contribution in [0.1, 0.15) is 51.4 Å². The number of likely N-dealkylation sites (tertiary alicyclic amines) is 1. The molecule has 7 nitrogen and oxygen atoms in total. The highest BCUT2D eigenvalue weighted by molar-refractivity contribution is 14.0. The first-order chi connectivity index (χ1) is 12.5. The van der Waals surface area contributed by atoms with E-state index in [0.29, 0.717) is 18.5 Å². The number of sulfonamides is 1. The van der Waals surface area contributed by atoms with E-state index in [1.807, 2.05) is 0 Å². The van der Waals surface area contributed by atoms with Gasteiger partial charge in [-0.3, -0.25) is 4.99 Å². The van der Waals surface area contributed by atoms with Crippen LogP contribution < -0.4 is 10.0 Å². The van der Waals surface area contributed by atoms with Crippen molar-refractivity contribution in [2.75, 3.05) is 45.6 Å². The van der Waals surface area contributed by atoms with E-state index in [1.165, 1.54) is 32.1 Å². The van der Waals surface area contributed by atoms with Crippen LogP contribution in [-0.2, 0) is 14.8 Å². The summed E-state index contributed by atoms with van der Waals surface area (Å²) in [6.07, 6.45) is 9.70. The largest absolute Gasteiger partial charge is 0.377 e. The number of guanidine groups is 1. The Morgan fingerprint density at radius 3 is 2.67 bits per heavy atom. The Labute approximate surface area is 181 Å². The highest BCUT2D eigenvalue weighted by Crippen LogP contribution is 2.45. The predicted molar refractivity (Wildman–Crippen MR) is 119 cm³/mol. The number of hydrogen-bond acceptors (Lipinski definition) is 4. The van der Waals surface area contributed by atoms with E-state index >= 15 is 0 Å². The Bertz CT molecular complexity index is 587. The summed E-state index contributed by atoms with van der Waals surface area (Å²) in [6.45, 7) is 3.56. The molecule has 1 spiro atoms. The molecule has 27 heavy (non-hydrogen) atoms. The molecular weight excluding hydrogens is 479 g/mol. The van der Waals surface area contributed by atoms with Gasteiger partial charge in [0.1, 0.15) is 0 Å². The molecule has 0 bridgehead atoms. The zero-order chi connectivity index (χ0) is 18.5. The van der Waals surface area contributed by atoms with E-state index in [-0.39, 0.29) is 35.8 Å². The fourth-order valence-corrected chi connectivity index (χ4v) is 5.49. The van der Waals surface area contributed by atoms with Gasteiger partial charge in [0.15, 0.2) is 5.96 Å². The zero-order valence-electron chi connectivity index (χ0n) is 16.4. The van der Waals surface area contributed by atoms with Gasteiger partial charge in [-0.15, -0.1) is 24.0 Å². The molecule has 9 heteroatoms. The number of nitrogens with zero attached hydrogens (tertiary/aromatic N) is 2. The average molecular weight is 514 g/mol. The Kier molecular flexibility index (Phi) is 9.08. The van der Waals surface area contributed by atoms with E-state index in [1.54, 1.807) is 7.05 Å². The normalized spacial score (nSPS) is 25.6. The number of hydrogen-bond donors (Lipinski definition) is 2. The lowest BCUT2D eigenvalue weighted by atomic mass is 9.86. The molecule has 2 N–H and O–H groups in total. The molecule has 3 rings (SSSR count). The van der Waals surface area contributed by atoms with Crippen molar-refractivity contribution in [3.8, 4) is 0 Å². The molecule has 2 saturated heterocycles. The van der Waals surface area contributed by atoms with Gasteiger partial charge >= 0.3 is 0 Å². The van der Waals surface area contributed by atoms with Gasteiger partial charge in [-0.2, -0.15) is 0 Å². The molecule has 1 aliphatic carbocycles. The third-order valence-electron chi connectivity index (χ3n) is 6.07. The highest BCUT2D eigenvalue weighted by atomic mass is 127. The minimum absolute atomic E-state index is 0. The quantitative estimate of drug-likeness (QED) is 0.322. The Morgan fingerprint density at radius 2 is 2.00 bits per heavy atom. The van der Waals surface area contributed by atoms with Gasteiger partial charge in [-0.25, -0.2) is 13.1 Å². The van der Waals surface area contributed by atoms with Crippen LogP contribution in [0.3, 0.4) is 0 Å². The monoisotopic (exact) mass is 514 g/mol. The van der Waals surface area contributed by atoms with Crippen molar-refractivity contribution in [3.63, 3.8) is 0 Å². The van der Waals surface area contributed by atoms with Crippen molar-refractivity contribution in [2.45, 2.75) is 57.5 Å². The van der Waals surface area contributed by atoms with Gasteiger partial charge < -0.3 is 15.0 Å². The Morgan fingerprint density at radius 1 is 1.22 bits per heavy atom. The van der Waals surface area contributed by atoms with Crippen LogP contribution in [0.4, 0.5) is 0 Å². The van der Waals surface area contributed by atoms with Crippen LogP contribution in [0.5, 0.6) is 0 Å². The summed E-state index contributed by atoms with van der Waals surface area (Å²) in [7, 11) is -1.52. The van der Waals surface area contributed by atoms with Crippen LogP contribution >= 0.6 is 24.0 Å². The molecular formula is C18H35IN4O3S. The molecule has 3 fully saturated rings. The second kappa shape index (κ2) is 10.6. The third kappa shape index (κ3) is 6.71. The number of ether oxygens (including phenoxy) is 1. The molecule has 0 amide bonds. The van der Waals surface area contributed by atoms with E-state index in [9.17, 15) is 8.42 Å². The molecule has 0 aromatic rings.